The first kappa shape index (κ1) is 30.0. The van der Waals surface area contributed by atoms with Crippen LogP contribution in [-0.2, 0) is 31.7 Å². The van der Waals surface area contributed by atoms with Crippen LogP contribution in [0.25, 0.3) is 17.2 Å². The van der Waals surface area contributed by atoms with E-state index >= 15 is 0 Å². The predicted octanol–water partition coefficient (Wildman–Crippen LogP) is 8.09. The Labute approximate surface area is 233 Å². The molecule has 0 aliphatic carbocycles. The monoisotopic (exact) mass is 530 g/mol. The molecular weight excluding hydrogens is 488 g/mol. The minimum Gasteiger partial charge on any atom is -0.488 e. The Kier molecular flexibility index (Phi) is 9.98. The summed E-state index contributed by atoms with van der Waals surface area (Å²) in [6.07, 6.45) is 3.21. The molecule has 0 aromatic heterocycles. The first-order valence-electron chi connectivity index (χ1n) is 13.4. The number of benzene rings is 3. The highest BCUT2D eigenvalue weighted by Crippen LogP contribution is 2.50. The summed E-state index contributed by atoms with van der Waals surface area (Å²) in [7, 11) is 1.62. The van der Waals surface area contributed by atoms with E-state index in [2.05, 4.69) is 59.7 Å². The van der Waals surface area contributed by atoms with Gasteiger partial charge in [-0.15, -0.1) is 0 Å². The van der Waals surface area contributed by atoms with Crippen LogP contribution in [0.3, 0.4) is 0 Å². The molecule has 0 bridgehead atoms. The average Bonchev–Trinajstić information content (AvgIpc) is 2.88. The third-order valence-electron chi connectivity index (χ3n) is 6.27. The average molecular weight is 531 g/mol. The molecule has 0 unspecified atom stereocenters. The zero-order valence-corrected chi connectivity index (χ0v) is 24.6. The van der Waals surface area contributed by atoms with Crippen molar-refractivity contribution in [3.63, 3.8) is 0 Å². The zero-order chi connectivity index (χ0) is 28.6. The summed E-state index contributed by atoms with van der Waals surface area (Å²) in [6.45, 7) is 15.8. The molecular formula is C34H42O5. The lowest BCUT2D eigenvalue weighted by Crippen LogP contribution is -2.20. The summed E-state index contributed by atoms with van der Waals surface area (Å²) >= 11 is 0. The van der Waals surface area contributed by atoms with Crippen molar-refractivity contribution in [2.75, 3.05) is 20.5 Å². The van der Waals surface area contributed by atoms with Gasteiger partial charge in [-0.25, -0.2) is 4.79 Å². The minimum atomic E-state index is -0.372. The molecule has 208 valence electrons. The van der Waals surface area contributed by atoms with Gasteiger partial charge in [0.2, 0.25) is 0 Å². The van der Waals surface area contributed by atoms with Crippen molar-refractivity contribution < 1.29 is 23.7 Å². The summed E-state index contributed by atoms with van der Waals surface area (Å²) in [5.74, 6) is 1.13. The van der Waals surface area contributed by atoms with Gasteiger partial charge in [-0.1, -0.05) is 90.1 Å². The quantitative estimate of drug-likeness (QED) is 0.151. The number of hydrogen-bond donors (Lipinski definition) is 0. The number of methoxy groups -OCH3 is 1. The molecule has 0 heterocycles. The van der Waals surface area contributed by atoms with Gasteiger partial charge in [0.1, 0.15) is 18.1 Å². The molecule has 5 heteroatoms. The number of carbonyl (C=O) groups is 1. The fraction of sp³-hybridized carbons (Fsp3) is 0.382. The van der Waals surface area contributed by atoms with Crippen LogP contribution in [0.4, 0.5) is 0 Å². The topological polar surface area (TPSA) is 54.0 Å². The van der Waals surface area contributed by atoms with E-state index in [0.717, 1.165) is 44.9 Å². The number of ether oxygens (including phenoxy) is 4. The van der Waals surface area contributed by atoms with Crippen molar-refractivity contribution in [2.24, 2.45) is 0 Å². The van der Waals surface area contributed by atoms with Crippen LogP contribution >= 0.6 is 0 Å². The molecule has 0 radical (unpaired) electrons. The minimum absolute atomic E-state index is 0.103. The molecule has 0 fully saturated rings. The van der Waals surface area contributed by atoms with E-state index in [1.807, 2.05) is 42.5 Å². The van der Waals surface area contributed by atoms with Gasteiger partial charge < -0.3 is 18.9 Å². The number of carbonyl (C=O) groups excluding carboxylic acids is 1. The van der Waals surface area contributed by atoms with Gasteiger partial charge in [0.25, 0.3) is 0 Å². The Hall–Kier alpha value is -3.57. The standard InChI is InChI=1S/C34H42O5/c1-9-37-29(35)19-18-24-16-13-17-26(20-24)30-31(38-22-25-14-11-10-12-15-25)27(33(2,3)4)21-28(34(5,6)7)32(30)39-23-36-8/h10-21H,9,22-23H2,1-8H3/b19-18+. The van der Waals surface area contributed by atoms with Gasteiger partial charge in [0.05, 0.1) is 12.2 Å². The Balaban J connectivity index is 2.31. The van der Waals surface area contributed by atoms with Crippen molar-refractivity contribution in [3.8, 4) is 22.6 Å². The van der Waals surface area contributed by atoms with Crippen molar-refractivity contribution in [2.45, 2.75) is 65.9 Å². The Morgan fingerprint density at radius 1 is 0.821 bits per heavy atom. The molecule has 5 nitrogen and oxygen atoms in total. The van der Waals surface area contributed by atoms with Crippen LogP contribution < -0.4 is 9.47 Å². The van der Waals surface area contributed by atoms with E-state index in [1.54, 1.807) is 20.1 Å². The van der Waals surface area contributed by atoms with E-state index in [0.29, 0.717) is 13.2 Å². The Morgan fingerprint density at radius 3 is 2.05 bits per heavy atom. The molecule has 0 atom stereocenters. The lowest BCUT2D eigenvalue weighted by Gasteiger charge is -2.32. The first-order chi connectivity index (χ1) is 18.5. The van der Waals surface area contributed by atoms with Crippen LogP contribution in [0.2, 0.25) is 0 Å². The zero-order valence-electron chi connectivity index (χ0n) is 24.6. The molecule has 0 amide bonds. The van der Waals surface area contributed by atoms with E-state index in [-0.39, 0.29) is 23.6 Å². The van der Waals surface area contributed by atoms with Gasteiger partial charge in [0, 0.05) is 24.3 Å². The van der Waals surface area contributed by atoms with Crippen LogP contribution in [-0.4, -0.2) is 26.5 Å². The van der Waals surface area contributed by atoms with Crippen LogP contribution in [0.5, 0.6) is 11.5 Å². The molecule has 39 heavy (non-hydrogen) atoms. The van der Waals surface area contributed by atoms with Gasteiger partial charge in [-0.2, -0.15) is 0 Å². The molecule has 0 saturated heterocycles. The van der Waals surface area contributed by atoms with Crippen LogP contribution in [0.1, 0.15) is 70.7 Å². The second-order valence-electron chi connectivity index (χ2n) is 11.5. The van der Waals surface area contributed by atoms with Crippen LogP contribution in [0.15, 0.2) is 66.7 Å². The summed E-state index contributed by atoms with van der Waals surface area (Å²) in [6, 6.07) is 20.4. The number of esters is 1. The molecule has 0 spiro atoms. The smallest absolute Gasteiger partial charge is 0.330 e. The second kappa shape index (κ2) is 13.0. The largest absolute Gasteiger partial charge is 0.488 e. The SMILES string of the molecule is CCOC(=O)/C=C/c1cccc(-c2c(OCOC)c(C(C)(C)C)cc(C(C)(C)C)c2OCc2ccccc2)c1. The first-order valence-corrected chi connectivity index (χ1v) is 13.4. The van der Waals surface area contributed by atoms with Crippen LogP contribution in [0, 0.1) is 0 Å². The summed E-state index contributed by atoms with van der Waals surface area (Å²) in [5.41, 5.74) is 5.48. The maximum atomic E-state index is 12.0. The van der Waals surface area contributed by atoms with E-state index in [9.17, 15) is 4.79 Å². The highest BCUT2D eigenvalue weighted by Gasteiger charge is 2.32. The Bertz CT molecular complexity index is 1280. The van der Waals surface area contributed by atoms with Gasteiger partial charge in [-0.05, 0) is 52.7 Å². The van der Waals surface area contributed by atoms with Crippen molar-refractivity contribution in [3.05, 3.63) is 89.0 Å². The molecule has 3 rings (SSSR count). The summed E-state index contributed by atoms with van der Waals surface area (Å²) < 4.78 is 23.4. The molecule has 3 aromatic carbocycles. The fourth-order valence-corrected chi connectivity index (χ4v) is 4.32. The molecule has 3 aromatic rings. The lowest BCUT2D eigenvalue weighted by molar-refractivity contribution is -0.137. The summed E-state index contributed by atoms with van der Waals surface area (Å²) in [5, 5.41) is 0. The van der Waals surface area contributed by atoms with E-state index in [1.165, 1.54) is 6.08 Å². The highest BCUT2D eigenvalue weighted by atomic mass is 16.7. The van der Waals surface area contributed by atoms with E-state index < -0.39 is 0 Å². The van der Waals surface area contributed by atoms with Gasteiger partial charge >= 0.3 is 5.97 Å². The van der Waals surface area contributed by atoms with Crippen molar-refractivity contribution >= 4 is 12.0 Å². The normalized spacial score (nSPS) is 12.0. The highest BCUT2D eigenvalue weighted by molar-refractivity contribution is 5.88. The number of hydrogen-bond acceptors (Lipinski definition) is 5. The summed E-state index contributed by atoms with van der Waals surface area (Å²) in [4.78, 5) is 12.0. The van der Waals surface area contributed by atoms with Gasteiger partial charge in [-0.3, -0.25) is 0 Å². The number of rotatable bonds is 10. The predicted molar refractivity (Wildman–Crippen MR) is 158 cm³/mol. The second-order valence-corrected chi connectivity index (χ2v) is 11.5. The maximum absolute atomic E-state index is 12.0. The lowest BCUT2D eigenvalue weighted by atomic mass is 9.77. The molecule has 0 aliphatic rings. The molecule has 0 aliphatic heterocycles. The molecule has 0 N–H and O–H groups in total. The maximum Gasteiger partial charge on any atom is 0.330 e. The molecule has 0 saturated carbocycles. The van der Waals surface area contributed by atoms with Gasteiger partial charge in [0.15, 0.2) is 6.79 Å². The van der Waals surface area contributed by atoms with Crippen molar-refractivity contribution in [1.82, 2.24) is 0 Å². The third-order valence-corrected chi connectivity index (χ3v) is 6.27. The van der Waals surface area contributed by atoms with Crippen molar-refractivity contribution in [1.29, 1.82) is 0 Å². The fourth-order valence-electron chi connectivity index (χ4n) is 4.32. The Morgan fingerprint density at radius 2 is 1.46 bits per heavy atom. The van der Waals surface area contributed by atoms with E-state index in [4.69, 9.17) is 18.9 Å². The third kappa shape index (κ3) is 7.96.